The number of halogens is 1. The monoisotopic (exact) mass is 441 g/mol. The third-order valence-corrected chi connectivity index (χ3v) is 5.95. The quantitative estimate of drug-likeness (QED) is 0.726. The van der Waals surface area contributed by atoms with Gasteiger partial charge < -0.3 is 15.1 Å². The Morgan fingerprint density at radius 1 is 0.935 bits per heavy atom. The van der Waals surface area contributed by atoms with Crippen molar-refractivity contribution in [2.75, 3.05) is 31.5 Å². The van der Waals surface area contributed by atoms with Crippen LogP contribution in [0.1, 0.15) is 47.4 Å². The topological polar surface area (TPSA) is 69.7 Å². The van der Waals surface area contributed by atoms with Gasteiger partial charge in [-0.15, -0.1) is 0 Å². The summed E-state index contributed by atoms with van der Waals surface area (Å²) in [7, 11) is 0. The van der Waals surface area contributed by atoms with Crippen LogP contribution in [0.2, 0.25) is 5.02 Å². The van der Waals surface area contributed by atoms with Gasteiger partial charge >= 0.3 is 0 Å². The molecule has 0 unspecified atom stereocenters. The molecule has 164 valence electrons. The van der Waals surface area contributed by atoms with Gasteiger partial charge in [0, 0.05) is 53.9 Å². The molecule has 0 aromatic heterocycles. The van der Waals surface area contributed by atoms with Crippen molar-refractivity contribution in [1.82, 2.24) is 9.80 Å². The zero-order valence-electron chi connectivity index (χ0n) is 17.9. The van der Waals surface area contributed by atoms with Crippen LogP contribution >= 0.6 is 11.6 Å². The first-order valence-electron chi connectivity index (χ1n) is 10.7. The van der Waals surface area contributed by atoms with Crippen LogP contribution in [0.25, 0.3) is 0 Å². The van der Waals surface area contributed by atoms with E-state index < -0.39 is 0 Å². The first-order chi connectivity index (χ1) is 14.9. The minimum atomic E-state index is -0.147. The molecule has 31 heavy (non-hydrogen) atoms. The standard InChI is InChI=1S/C24H28ClN3O3/c1-3-27(4-2)23(30)19-7-11-21(12-8-19)26-22(29)17-13-15-28(16-14-17)24(31)18-5-9-20(25)10-6-18/h5-12,17H,3-4,13-16H2,1-2H3,(H,26,29). The Bertz CT molecular complexity index is 916. The second-order valence-corrected chi connectivity index (χ2v) is 8.05. The number of carbonyl (C=O) groups excluding carboxylic acids is 3. The number of nitrogens with zero attached hydrogens (tertiary/aromatic N) is 2. The number of nitrogens with one attached hydrogen (secondary N) is 1. The Kier molecular flexibility index (Phi) is 7.69. The first kappa shape index (κ1) is 22.8. The van der Waals surface area contributed by atoms with Crippen molar-refractivity contribution >= 4 is 35.0 Å². The van der Waals surface area contributed by atoms with Crippen molar-refractivity contribution in [3.05, 3.63) is 64.7 Å². The fraction of sp³-hybridized carbons (Fsp3) is 0.375. The highest BCUT2D eigenvalue weighted by Gasteiger charge is 2.28. The number of hydrogen-bond acceptors (Lipinski definition) is 3. The van der Waals surface area contributed by atoms with Crippen molar-refractivity contribution in [3.63, 3.8) is 0 Å². The molecule has 1 aliphatic rings. The summed E-state index contributed by atoms with van der Waals surface area (Å²) < 4.78 is 0. The van der Waals surface area contributed by atoms with Crippen LogP contribution in [-0.2, 0) is 4.79 Å². The summed E-state index contributed by atoms with van der Waals surface area (Å²) in [4.78, 5) is 41.2. The maximum Gasteiger partial charge on any atom is 0.253 e. The second-order valence-electron chi connectivity index (χ2n) is 7.62. The molecule has 0 radical (unpaired) electrons. The van der Waals surface area contributed by atoms with E-state index in [1.165, 1.54) is 0 Å². The van der Waals surface area contributed by atoms with E-state index in [-0.39, 0.29) is 23.6 Å². The van der Waals surface area contributed by atoms with Crippen molar-refractivity contribution in [3.8, 4) is 0 Å². The van der Waals surface area contributed by atoms with Gasteiger partial charge in [-0.1, -0.05) is 11.6 Å². The highest BCUT2D eigenvalue weighted by Crippen LogP contribution is 2.22. The van der Waals surface area contributed by atoms with Gasteiger partial charge in [-0.05, 0) is 75.2 Å². The average Bonchev–Trinajstić information content (AvgIpc) is 2.80. The molecule has 1 fully saturated rings. The van der Waals surface area contributed by atoms with E-state index in [9.17, 15) is 14.4 Å². The number of piperidine rings is 1. The third-order valence-electron chi connectivity index (χ3n) is 5.69. The van der Waals surface area contributed by atoms with E-state index in [0.29, 0.717) is 60.9 Å². The van der Waals surface area contributed by atoms with E-state index in [2.05, 4.69) is 5.32 Å². The predicted octanol–water partition coefficient (Wildman–Crippen LogP) is 4.31. The van der Waals surface area contributed by atoms with Crippen molar-refractivity contribution in [2.45, 2.75) is 26.7 Å². The highest BCUT2D eigenvalue weighted by molar-refractivity contribution is 6.30. The highest BCUT2D eigenvalue weighted by atomic mass is 35.5. The van der Waals surface area contributed by atoms with Crippen LogP contribution in [0.5, 0.6) is 0 Å². The van der Waals surface area contributed by atoms with Gasteiger partial charge in [-0.3, -0.25) is 14.4 Å². The molecule has 1 N–H and O–H groups in total. The van der Waals surface area contributed by atoms with Gasteiger partial charge in [0.05, 0.1) is 0 Å². The number of likely N-dealkylation sites (tertiary alicyclic amines) is 1. The lowest BCUT2D eigenvalue weighted by molar-refractivity contribution is -0.121. The molecular formula is C24H28ClN3O3. The maximum atomic E-state index is 12.7. The van der Waals surface area contributed by atoms with Gasteiger partial charge in [0.2, 0.25) is 5.91 Å². The number of carbonyl (C=O) groups is 3. The van der Waals surface area contributed by atoms with E-state index in [4.69, 9.17) is 11.6 Å². The Labute approximate surface area is 188 Å². The fourth-order valence-electron chi connectivity index (χ4n) is 3.75. The SMILES string of the molecule is CCN(CC)C(=O)c1ccc(NC(=O)C2CCN(C(=O)c3ccc(Cl)cc3)CC2)cc1. The minimum absolute atomic E-state index is 0.0133. The Balaban J connectivity index is 1.52. The number of anilines is 1. The zero-order valence-corrected chi connectivity index (χ0v) is 18.7. The van der Waals surface area contributed by atoms with E-state index >= 15 is 0 Å². The van der Waals surface area contributed by atoms with E-state index in [0.717, 1.165) is 0 Å². The first-order valence-corrected chi connectivity index (χ1v) is 11.1. The molecule has 6 nitrogen and oxygen atoms in total. The molecule has 3 rings (SSSR count). The molecular weight excluding hydrogens is 414 g/mol. The molecule has 3 amide bonds. The van der Waals surface area contributed by atoms with Gasteiger partial charge in [0.15, 0.2) is 0 Å². The summed E-state index contributed by atoms with van der Waals surface area (Å²) in [6.07, 6.45) is 1.23. The van der Waals surface area contributed by atoms with Gasteiger partial charge in [-0.2, -0.15) is 0 Å². The molecule has 2 aromatic carbocycles. The lowest BCUT2D eigenvalue weighted by Crippen LogP contribution is -2.41. The molecule has 0 aliphatic carbocycles. The number of amides is 3. The summed E-state index contributed by atoms with van der Waals surface area (Å²) in [5.74, 6) is -0.253. The van der Waals surface area contributed by atoms with Crippen LogP contribution in [0.3, 0.4) is 0 Å². The largest absolute Gasteiger partial charge is 0.339 e. The number of rotatable bonds is 6. The van der Waals surface area contributed by atoms with Gasteiger partial charge in [0.25, 0.3) is 11.8 Å². The smallest absolute Gasteiger partial charge is 0.253 e. The molecule has 1 heterocycles. The van der Waals surface area contributed by atoms with Crippen LogP contribution < -0.4 is 5.32 Å². The Hall–Kier alpha value is -2.86. The van der Waals surface area contributed by atoms with Crippen molar-refractivity contribution in [2.24, 2.45) is 5.92 Å². The molecule has 0 saturated carbocycles. The number of hydrogen-bond donors (Lipinski definition) is 1. The van der Waals surface area contributed by atoms with Crippen LogP contribution in [0.15, 0.2) is 48.5 Å². The van der Waals surface area contributed by atoms with E-state index in [1.54, 1.807) is 58.3 Å². The Morgan fingerprint density at radius 2 is 1.48 bits per heavy atom. The second kappa shape index (κ2) is 10.4. The lowest BCUT2D eigenvalue weighted by Gasteiger charge is -2.31. The van der Waals surface area contributed by atoms with Gasteiger partial charge in [-0.25, -0.2) is 0 Å². The molecule has 7 heteroatoms. The van der Waals surface area contributed by atoms with Crippen LogP contribution in [-0.4, -0.2) is 53.7 Å². The molecule has 0 spiro atoms. The Morgan fingerprint density at radius 3 is 2.03 bits per heavy atom. The summed E-state index contributed by atoms with van der Waals surface area (Å²) in [5.41, 5.74) is 1.88. The minimum Gasteiger partial charge on any atom is -0.339 e. The predicted molar refractivity (Wildman–Crippen MR) is 122 cm³/mol. The molecule has 1 saturated heterocycles. The summed E-state index contributed by atoms with van der Waals surface area (Å²) in [6, 6.07) is 13.8. The van der Waals surface area contributed by atoms with E-state index in [1.807, 2.05) is 13.8 Å². The van der Waals surface area contributed by atoms with Crippen LogP contribution in [0.4, 0.5) is 5.69 Å². The maximum absolute atomic E-state index is 12.7. The lowest BCUT2D eigenvalue weighted by atomic mass is 9.95. The third kappa shape index (κ3) is 5.64. The summed E-state index contributed by atoms with van der Waals surface area (Å²) in [6.45, 7) is 6.29. The molecule has 2 aromatic rings. The number of benzene rings is 2. The normalized spacial score (nSPS) is 14.2. The zero-order chi connectivity index (χ0) is 22.4. The fourth-order valence-corrected chi connectivity index (χ4v) is 3.88. The van der Waals surface area contributed by atoms with Crippen molar-refractivity contribution in [1.29, 1.82) is 0 Å². The summed E-state index contributed by atoms with van der Waals surface area (Å²) in [5, 5.41) is 3.53. The van der Waals surface area contributed by atoms with Gasteiger partial charge in [0.1, 0.15) is 0 Å². The molecule has 0 bridgehead atoms. The van der Waals surface area contributed by atoms with Crippen molar-refractivity contribution < 1.29 is 14.4 Å². The van der Waals surface area contributed by atoms with Crippen LogP contribution in [0, 0.1) is 5.92 Å². The summed E-state index contributed by atoms with van der Waals surface area (Å²) >= 11 is 5.89. The molecule has 1 aliphatic heterocycles. The molecule has 0 atom stereocenters. The average molecular weight is 442 g/mol.